The Hall–Kier alpha value is -0.940. The lowest BCUT2D eigenvalue weighted by Crippen LogP contribution is -2.21. The van der Waals surface area contributed by atoms with E-state index in [-0.39, 0.29) is 13.1 Å². The van der Waals surface area contributed by atoms with Crippen LogP contribution in [0.3, 0.4) is 0 Å². The number of aliphatic hydroxyl groups excluding tert-OH is 2. The van der Waals surface area contributed by atoms with Crippen LogP contribution >= 0.6 is 8.25 Å². The average Bonchev–Trinajstić information content (AvgIpc) is 2.21. The summed E-state index contributed by atoms with van der Waals surface area (Å²) in [6, 6.07) is 0. The normalized spacial score (nSPS) is 13.1. The molecule has 0 rings (SSSR count). The fraction of sp³-hybridized carbons (Fsp3) is 0.429. The number of aliphatic hydroxyl groups is 2. The van der Waals surface area contributed by atoms with E-state index in [0.29, 0.717) is 0 Å². The van der Waals surface area contributed by atoms with Crippen molar-refractivity contribution >= 4 is 8.25 Å². The Bertz CT molecular complexity index is 204. The Balaban J connectivity index is 4.02. The molecule has 1 atom stereocenters. The zero-order valence-electron chi connectivity index (χ0n) is 7.74. The van der Waals surface area contributed by atoms with Crippen LogP contribution in [-0.2, 0) is 13.7 Å². The minimum atomic E-state index is -2.21. The van der Waals surface area contributed by atoms with E-state index in [1.54, 1.807) is 0 Å². The van der Waals surface area contributed by atoms with Gasteiger partial charge in [0.15, 0.2) is 0 Å². The van der Waals surface area contributed by atoms with Crippen molar-refractivity contribution < 1.29 is 23.9 Å². The van der Waals surface area contributed by atoms with Crippen molar-refractivity contribution in [2.24, 2.45) is 0 Å². The highest BCUT2D eigenvalue weighted by molar-refractivity contribution is 7.33. The number of hydrogen-bond donors (Lipinski definition) is 2. The molecule has 0 saturated heterocycles. The average molecular weight is 222 g/mol. The van der Waals surface area contributed by atoms with Crippen molar-refractivity contribution in [3.63, 3.8) is 0 Å². The summed E-state index contributed by atoms with van der Waals surface area (Å²) < 4.78 is 20.0. The molecule has 0 radical (unpaired) electrons. The zero-order valence-corrected chi connectivity index (χ0v) is 8.63. The van der Waals surface area contributed by atoms with Gasteiger partial charge in [-0.2, -0.15) is 0 Å². The van der Waals surface area contributed by atoms with Gasteiger partial charge < -0.3 is 10.2 Å². The van der Waals surface area contributed by atoms with Crippen LogP contribution in [0.1, 0.15) is 0 Å². The molecule has 0 spiro atoms. The minimum absolute atomic E-state index is 0.227. The van der Waals surface area contributed by atoms with Gasteiger partial charge in [-0.3, -0.25) is 0 Å². The molecular formula is C7H13NO5P+. The third-order valence-electron chi connectivity index (χ3n) is 1.16. The molecule has 80 valence electrons. The Labute approximate surface area is 83.0 Å². The van der Waals surface area contributed by atoms with Crippen LogP contribution in [0.2, 0.25) is 0 Å². The molecule has 0 bridgehead atoms. The van der Waals surface area contributed by atoms with Crippen molar-refractivity contribution in [1.29, 1.82) is 0 Å². The fourth-order valence-electron chi connectivity index (χ4n) is 0.598. The van der Waals surface area contributed by atoms with E-state index in [1.807, 2.05) is 0 Å². The first-order chi connectivity index (χ1) is 6.74. The van der Waals surface area contributed by atoms with Gasteiger partial charge in [0.05, 0.1) is 32.7 Å². The van der Waals surface area contributed by atoms with Crippen LogP contribution in [0.5, 0.6) is 0 Å². The summed E-state index contributed by atoms with van der Waals surface area (Å²) in [4.78, 5) is 0. The van der Waals surface area contributed by atoms with Crippen molar-refractivity contribution in [1.82, 2.24) is 5.06 Å². The third kappa shape index (κ3) is 6.56. The molecule has 0 aliphatic carbocycles. The Morgan fingerprint density at radius 3 is 2.14 bits per heavy atom. The first-order valence-corrected chi connectivity index (χ1v) is 4.87. The van der Waals surface area contributed by atoms with Gasteiger partial charge in [-0.1, -0.05) is 0 Å². The van der Waals surface area contributed by atoms with Gasteiger partial charge in [0.25, 0.3) is 0 Å². The molecule has 0 aliphatic rings. The largest absolute Gasteiger partial charge is 0.716 e. The van der Waals surface area contributed by atoms with Crippen LogP contribution in [0.25, 0.3) is 0 Å². The van der Waals surface area contributed by atoms with E-state index < -0.39 is 8.25 Å². The maximum atomic E-state index is 10.8. The SMILES string of the molecule is CO[P+](=O)ON(CC=CO)CC=CO. The minimum Gasteiger partial charge on any atom is -0.516 e. The highest BCUT2D eigenvalue weighted by Crippen LogP contribution is 2.23. The van der Waals surface area contributed by atoms with Gasteiger partial charge in [-0.05, 0) is 16.8 Å². The van der Waals surface area contributed by atoms with Crippen molar-refractivity contribution in [3.05, 3.63) is 24.7 Å². The lowest BCUT2D eigenvalue weighted by atomic mass is 10.5. The molecular weight excluding hydrogens is 209 g/mol. The lowest BCUT2D eigenvalue weighted by Gasteiger charge is -2.08. The van der Waals surface area contributed by atoms with E-state index in [9.17, 15) is 4.57 Å². The van der Waals surface area contributed by atoms with Crippen molar-refractivity contribution in [2.75, 3.05) is 20.2 Å². The third-order valence-corrected chi connectivity index (χ3v) is 1.82. The molecule has 2 N–H and O–H groups in total. The van der Waals surface area contributed by atoms with Gasteiger partial charge >= 0.3 is 8.25 Å². The molecule has 0 aromatic heterocycles. The van der Waals surface area contributed by atoms with E-state index in [0.717, 1.165) is 12.5 Å². The fourth-order valence-corrected chi connectivity index (χ4v) is 0.987. The van der Waals surface area contributed by atoms with Gasteiger partial charge in [0, 0.05) is 4.57 Å². The predicted octanol–water partition coefficient (Wildman–Crippen LogP) is 1.67. The summed E-state index contributed by atoms with van der Waals surface area (Å²) in [7, 11) is -0.955. The quantitative estimate of drug-likeness (QED) is 0.387. The van der Waals surface area contributed by atoms with Crippen LogP contribution in [0, 0.1) is 0 Å². The Morgan fingerprint density at radius 1 is 1.29 bits per heavy atom. The molecule has 1 unspecified atom stereocenters. The molecule has 14 heavy (non-hydrogen) atoms. The summed E-state index contributed by atoms with van der Waals surface area (Å²) in [5.74, 6) is 0. The van der Waals surface area contributed by atoms with E-state index >= 15 is 0 Å². The van der Waals surface area contributed by atoms with Crippen molar-refractivity contribution in [2.45, 2.75) is 0 Å². The second kappa shape index (κ2) is 8.65. The second-order valence-electron chi connectivity index (χ2n) is 2.10. The molecule has 7 heteroatoms. The van der Waals surface area contributed by atoms with Crippen LogP contribution in [0.15, 0.2) is 24.7 Å². The van der Waals surface area contributed by atoms with E-state index in [4.69, 9.17) is 14.8 Å². The first-order valence-electron chi connectivity index (χ1n) is 3.77. The number of hydroxylamine groups is 2. The summed E-state index contributed by atoms with van der Waals surface area (Å²) in [5.41, 5.74) is 0. The second-order valence-corrected chi connectivity index (χ2v) is 3.08. The Morgan fingerprint density at radius 2 is 1.79 bits per heavy atom. The molecule has 0 aromatic carbocycles. The Kier molecular flexibility index (Phi) is 8.07. The molecule has 0 aromatic rings. The first kappa shape index (κ1) is 13.1. The maximum absolute atomic E-state index is 10.8. The maximum Gasteiger partial charge on any atom is 0.716 e. The van der Waals surface area contributed by atoms with Crippen LogP contribution in [-0.4, -0.2) is 35.5 Å². The highest BCUT2D eigenvalue weighted by Gasteiger charge is 2.22. The van der Waals surface area contributed by atoms with Crippen LogP contribution in [0.4, 0.5) is 0 Å². The molecule has 0 fully saturated rings. The molecule has 0 aliphatic heterocycles. The van der Waals surface area contributed by atoms with Gasteiger partial charge in [0.1, 0.15) is 0 Å². The van der Waals surface area contributed by atoms with Gasteiger partial charge in [0.2, 0.25) is 0 Å². The summed E-state index contributed by atoms with van der Waals surface area (Å²) >= 11 is 0. The monoisotopic (exact) mass is 222 g/mol. The molecule has 0 heterocycles. The van der Waals surface area contributed by atoms with Crippen LogP contribution < -0.4 is 0 Å². The van der Waals surface area contributed by atoms with Gasteiger partial charge in [-0.15, -0.1) is 9.59 Å². The molecule has 0 amide bonds. The summed E-state index contributed by atoms with van der Waals surface area (Å²) in [6.07, 6.45) is 4.48. The van der Waals surface area contributed by atoms with Crippen molar-refractivity contribution in [3.8, 4) is 0 Å². The highest BCUT2D eigenvalue weighted by atomic mass is 31.1. The topological polar surface area (TPSA) is 79.2 Å². The number of nitrogens with zero attached hydrogens (tertiary/aromatic N) is 1. The number of rotatable bonds is 7. The predicted molar refractivity (Wildman–Crippen MR) is 50.8 cm³/mol. The zero-order chi connectivity index (χ0) is 10.8. The molecule has 6 nitrogen and oxygen atoms in total. The van der Waals surface area contributed by atoms with E-state index in [1.165, 1.54) is 24.3 Å². The summed E-state index contributed by atoms with van der Waals surface area (Å²) in [6.45, 7) is 0.455. The number of hydrogen-bond acceptors (Lipinski definition) is 6. The smallest absolute Gasteiger partial charge is 0.516 e. The standard InChI is InChI=1S/C7H12NO5P/c1-12-14(11)13-8(4-2-6-9)5-3-7-10/h2-3,6-7H,4-5H2,1H3,(H-,9,10)/p+1. The molecule has 0 saturated carbocycles. The lowest BCUT2D eigenvalue weighted by molar-refractivity contribution is -0.0411. The summed E-state index contributed by atoms with van der Waals surface area (Å²) in [5, 5.41) is 18.0. The van der Waals surface area contributed by atoms with Gasteiger partial charge in [-0.25, -0.2) is 0 Å². The van der Waals surface area contributed by atoms with E-state index in [2.05, 4.69) is 4.52 Å².